The van der Waals surface area contributed by atoms with Gasteiger partial charge in [0.25, 0.3) is 0 Å². The normalized spacial score (nSPS) is 29.3. The summed E-state index contributed by atoms with van der Waals surface area (Å²) in [4.78, 5) is 0. The number of hydrogen-bond acceptors (Lipinski definition) is 5. The van der Waals surface area contributed by atoms with Crippen LogP contribution in [-0.4, -0.2) is 58.9 Å². The molecule has 1 N–H and O–H groups in total. The molecule has 0 saturated carbocycles. The van der Waals surface area contributed by atoms with E-state index in [-0.39, 0.29) is 17.4 Å². The third-order valence-electron chi connectivity index (χ3n) is 4.36. The summed E-state index contributed by atoms with van der Waals surface area (Å²) in [5, 5.41) is 3.18. The molecule has 0 aromatic rings. The molecule has 0 aromatic carbocycles. The van der Waals surface area contributed by atoms with E-state index in [4.69, 9.17) is 9.47 Å². The predicted molar refractivity (Wildman–Crippen MR) is 74.0 cm³/mol. The Morgan fingerprint density at radius 1 is 1.32 bits per heavy atom. The molecule has 2 atom stereocenters. The molecular formula is C13H25NO4S. The van der Waals surface area contributed by atoms with Crippen LogP contribution in [0.25, 0.3) is 0 Å². The fraction of sp³-hybridized carbons (Fsp3) is 1.00. The van der Waals surface area contributed by atoms with Gasteiger partial charge in [0.1, 0.15) is 9.84 Å². The van der Waals surface area contributed by atoms with Crippen LogP contribution in [0.4, 0.5) is 0 Å². The SMILES string of the molecule is CNC(CS(C)(=O)=O)C1CCOC2(CCOCC2)C1. The molecule has 0 amide bonds. The number of ether oxygens (including phenoxy) is 2. The van der Waals surface area contributed by atoms with Crippen molar-refractivity contribution in [1.29, 1.82) is 0 Å². The summed E-state index contributed by atoms with van der Waals surface area (Å²) in [5.74, 6) is 0.576. The van der Waals surface area contributed by atoms with E-state index in [0.717, 1.165) is 45.5 Å². The van der Waals surface area contributed by atoms with Crippen LogP contribution in [-0.2, 0) is 19.3 Å². The molecule has 2 unspecified atom stereocenters. The Labute approximate surface area is 116 Å². The van der Waals surface area contributed by atoms with Gasteiger partial charge in [-0.15, -0.1) is 0 Å². The third kappa shape index (κ3) is 4.15. The molecule has 2 aliphatic rings. The third-order valence-corrected chi connectivity index (χ3v) is 5.32. The maximum atomic E-state index is 11.5. The van der Waals surface area contributed by atoms with E-state index in [1.165, 1.54) is 6.26 Å². The van der Waals surface area contributed by atoms with Crippen molar-refractivity contribution in [3.05, 3.63) is 0 Å². The maximum absolute atomic E-state index is 11.5. The molecule has 1 spiro atoms. The minimum Gasteiger partial charge on any atom is -0.381 e. The summed E-state index contributed by atoms with van der Waals surface area (Å²) >= 11 is 0. The maximum Gasteiger partial charge on any atom is 0.148 e. The molecule has 2 fully saturated rings. The lowest BCUT2D eigenvalue weighted by Gasteiger charge is -2.45. The molecule has 2 saturated heterocycles. The van der Waals surface area contributed by atoms with Crippen molar-refractivity contribution in [3.63, 3.8) is 0 Å². The Morgan fingerprint density at radius 3 is 2.58 bits per heavy atom. The van der Waals surface area contributed by atoms with Crippen LogP contribution < -0.4 is 5.32 Å². The van der Waals surface area contributed by atoms with E-state index in [9.17, 15) is 8.42 Å². The van der Waals surface area contributed by atoms with Crippen molar-refractivity contribution in [2.45, 2.75) is 37.3 Å². The highest BCUT2D eigenvalue weighted by atomic mass is 32.2. The molecule has 2 rings (SSSR count). The number of rotatable bonds is 4. The van der Waals surface area contributed by atoms with Gasteiger partial charge in [-0.1, -0.05) is 0 Å². The second kappa shape index (κ2) is 6.08. The van der Waals surface area contributed by atoms with Gasteiger partial charge in [0, 0.05) is 32.1 Å². The molecule has 0 aliphatic carbocycles. The molecular weight excluding hydrogens is 266 g/mol. The Kier molecular flexibility index (Phi) is 4.87. The first-order valence-electron chi connectivity index (χ1n) is 7.01. The summed E-state index contributed by atoms with van der Waals surface area (Å²) in [6.45, 7) is 2.23. The minimum absolute atomic E-state index is 0.0265. The first kappa shape index (κ1) is 15.2. The Balaban J connectivity index is 2.02. The van der Waals surface area contributed by atoms with Crippen LogP contribution in [0.2, 0.25) is 0 Å². The zero-order chi connectivity index (χ0) is 13.9. The van der Waals surface area contributed by atoms with Crippen molar-refractivity contribution >= 4 is 9.84 Å². The summed E-state index contributed by atoms with van der Waals surface area (Å²) in [7, 11) is -1.11. The average Bonchev–Trinajstić information content (AvgIpc) is 2.36. The van der Waals surface area contributed by atoms with Gasteiger partial charge in [-0.05, 0) is 38.6 Å². The molecule has 112 valence electrons. The van der Waals surface area contributed by atoms with Gasteiger partial charge in [0.2, 0.25) is 0 Å². The summed E-state index contributed by atoms with van der Waals surface area (Å²) in [5.41, 5.74) is -0.0756. The molecule has 5 nitrogen and oxygen atoms in total. The smallest absolute Gasteiger partial charge is 0.148 e. The second-order valence-electron chi connectivity index (χ2n) is 5.88. The van der Waals surface area contributed by atoms with Crippen molar-refractivity contribution in [2.75, 3.05) is 38.9 Å². The molecule has 0 bridgehead atoms. The van der Waals surface area contributed by atoms with Gasteiger partial charge >= 0.3 is 0 Å². The predicted octanol–water partition coefficient (Wildman–Crippen LogP) is 0.595. The van der Waals surface area contributed by atoms with Crippen molar-refractivity contribution < 1.29 is 17.9 Å². The zero-order valence-corrected chi connectivity index (χ0v) is 12.7. The Bertz CT molecular complexity index is 384. The number of nitrogens with one attached hydrogen (secondary N) is 1. The van der Waals surface area contributed by atoms with Crippen molar-refractivity contribution in [1.82, 2.24) is 5.32 Å². The fourth-order valence-electron chi connectivity index (χ4n) is 3.28. The zero-order valence-electron chi connectivity index (χ0n) is 11.9. The van der Waals surface area contributed by atoms with E-state index in [2.05, 4.69) is 5.32 Å². The summed E-state index contributed by atoms with van der Waals surface area (Å²) < 4.78 is 34.5. The molecule has 2 heterocycles. The van der Waals surface area contributed by atoms with E-state index in [1.54, 1.807) is 0 Å². The first-order valence-corrected chi connectivity index (χ1v) is 9.07. The van der Waals surface area contributed by atoms with Crippen LogP contribution in [0.15, 0.2) is 0 Å². The molecule has 2 aliphatic heterocycles. The lowest BCUT2D eigenvalue weighted by atomic mass is 9.78. The quantitative estimate of drug-likeness (QED) is 0.821. The summed E-state index contributed by atoms with van der Waals surface area (Å²) in [6.07, 6.45) is 5.04. The second-order valence-corrected chi connectivity index (χ2v) is 8.07. The van der Waals surface area contributed by atoms with Gasteiger partial charge in [-0.3, -0.25) is 0 Å². The fourth-order valence-corrected chi connectivity index (χ4v) is 4.37. The van der Waals surface area contributed by atoms with Gasteiger partial charge in [0.15, 0.2) is 0 Å². The average molecular weight is 291 g/mol. The van der Waals surface area contributed by atoms with Crippen molar-refractivity contribution in [3.8, 4) is 0 Å². The lowest BCUT2D eigenvalue weighted by molar-refractivity contribution is -0.149. The van der Waals surface area contributed by atoms with Gasteiger partial charge in [0.05, 0.1) is 11.4 Å². The molecule has 19 heavy (non-hydrogen) atoms. The van der Waals surface area contributed by atoms with Crippen LogP contribution in [0, 0.1) is 5.92 Å². The van der Waals surface area contributed by atoms with Crippen LogP contribution >= 0.6 is 0 Å². The van der Waals surface area contributed by atoms with E-state index < -0.39 is 9.84 Å². The van der Waals surface area contributed by atoms with E-state index >= 15 is 0 Å². The standard InChI is InChI=1S/C13H25NO4S/c1-14-12(10-19(2,15)16)11-3-6-18-13(9-11)4-7-17-8-5-13/h11-12,14H,3-10H2,1-2H3. The summed E-state index contributed by atoms with van der Waals surface area (Å²) in [6, 6.07) is 0.0265. The van der Waals surface area contributed by atoms with Crippen LogP contribution in [0.3, 0.4) is 0 Å². The lowest BCUT2D eigenvalue weighted by Crippen LogP contribution is -2.50. The van der Waals surface area contributed by atoms with Crippen LogP contribution in [0.1, 0.15) is 25.7 Å². The molecule has 0 aromatic heterocycles. The first-order chi connectivity index (χ1) is 8.94. The number of hydrogen-bond donors (Lipinski definition) is 1. The van der Waals surface area contributed by atoms with Crippen molar-refractivity contribution in [2.24, 2.45) is 5.92 Å². The largest absolute Gasteiger partial charge is 0.381 e. The molecule has 6 heteroatoms. The Hall–Kier alpha value is -0.170. The number of sulfone groups is 1. The van der Waals surface area contributed by atoms with Gasteiger partial charge in [-0.2, -0.15) is 0 Å². The highest BCUT2D eigenvalue weighted by molar-refractivity contribution is 7.90. The van der Waals surface area contributed by atoms with Crippen LogP contribution in [0.5, 0.6) is 0 Å². The van der Waals surface area contributed by atoms with E-state index in [1.807, 2.05) is 7.05 Å². The monoisotopic (exact) mass is 291 g/mol. The van der Waals surface area contributed by atoms with E-state index in [0.29, 0.717) is 5.92 Å². The van der Waals surface area contributed by atoms with Gasteiger partial charge in [-0.25, -0.2) is 8.42 Å². The Morgan fingerprint density at radius 2 is 2.00 bits per heavy atom. The minimum atomic E-state index is -2.96. The van der Waals surface area contributed by atoms with Gasteiger partial charge < -0.3 is 14.8 Å². The molecule has 0 radical (unpaired) electrons. The highest BCUT2D eigenvalue weighted by Crippen LogP contribution is 2.38. The highest BCUT2D eigenvalue weighted by Gasteiger charge is 2.41. The topological polar surface area (TPSA) is 64.6 Å².